The van der Waals surface area contributed by atoms with Gasteiger partial charge >= 0.3 is 0 Å². The summed E-state index contributed by atoms with van der Waals surface area (Å²) in [7, 11) is 0. The molecule has 2 rings (SSSR count). The molecule has 0 atom stereocenters. The summed E-state index contributed by atoms with van der Waals surface area (Å²) in [5.41, 5.74) is 1.17. The molecule has 2 aromatic carbocycles. The van der Waals surface area contributed by atoms with Crippen LogP contribution in [-0.4, -0.2) is 5.91 Å². The lowest BCUT2D eigenvalue weighted by Gasteiger charge is -2.08. The molecule has 0 bridgehead atoms. The van der Waals surface area contributed by atoms with E-state index in [9.17, 15) is 4.79 Å². The van der Waals surface area contributed by atoms with E-state index >= 15 is 0 Å². The number of hydrogen-bond acceptors (Lipinski definition) is 3. The molecule has 0 saturated heterocycles. The van der Waals surface area contributed by atoms with Gasteiger partial charge in [-0.15, -0.1) is 12.6 Å². The summed E-state index contributed by atoms with van der Waals surface area (Å²) in [5.74, 6) is -0.372. The first-order valence-electron chi connectivity index (χ1n) is 5.41. The highest BCUT2D eigenvalue weighted by molar-refractivity contribution is 7.80. The van der Waals surface area contributed by atoms with Gasteiger partial charge in [0.15, 0.2) is 0 Å². The Hall–Kier alpha value is -1.96. The third-order valence-electron chi connectivity index (χ3n) is 2.49. The van der Waals surface area contributed by atoms with Crippen LogP contribution in [0.2, 0.25) is 5.02 Å². The topological polar surface area (TPSA) is 52.9 Å². The molecular formula is C14H9ClN2OS. The van der Waals surface area contributed by atoms with Gasteiger partial charge in [0, 0.05) is 4.90 Å². The molecule has 0 aromatic heterocycles. The maximum atomic E-state index is 12.1. The van der Waals surface area contributed by atoms with Gasteiger partial charge in [-0.2, -0.15) is 5.26 Å². The Balaban J connectivity index is 2.31. The second-order valence-electron chi connectivity index (χ2n) is 3.78. The molecule has 0 aliphatic carbocycles. The van der Waals surface area contributed by atoms with Crippen molar-refractivity contribution < 1.29 is 4.79 Å². The molecular weight excluding hydrogens is 280 g/mol. The normalized spacial score (nSPS) is 9.74. The largest absolute Gasteiger partial charge is 0.321 e. The lowest BCUT2D eigenvalue weighted by atomic mass is 10.1. The molecule has 0 radical (unpaired) electrons. The van der Waals surface area contributed by atoms with Gasteiger partial charge in [-0.25, -0.2) is 0 Å². The van der Waals surface area contributed by atoms with Crippen molar-refractivity contribution in [3.63, 3.8) is 0 Å². The monoisotopic (exact) mass is 288 g/mol. The van der Waals surface area contributed by atoms with Gasteiger partial charge in [0.25, 0.3) is 5.91 Å². The molecule has 0 aliphatic heterocycles. The summed E-state index contributed by atoms with van der Waals surface area (Å²) in [6, 6.07) is 13.7. The molecule has 19 heavy (non-hydrogen) atoms. The zero-order valence-electron chi connectivity index (χ0n) is 9.72. The standard InChI is InChI=1S/C14H9ClN2OS/c15-12-6-5-10(19)7-11(12)14(18)17-13-4-2-1-3-9(13)8-16/h1-7,19H,(H,17,18). The Kier molecular flexibility index (Phi) is 4.10. The van der Waals surface area contributed by atoms with Crippen molar-refractivity contribution in [1.29, 1.82) is 5.26 Å². The maximum absolute atomic E-state index is 12.1. The van der Waals surface area contributed by atoms with Crippen LogP contribution in [-0.2, 0) is 0 Å². The molecule has 0 fully saturated rings. The second kappa shape index (κ2) is 5.79. The van der Waals surface area contributed by atoms with E-state index in [1.165, 1.54) is 0 Å². The number of carbonyl (C=O) groups is 1. The van der Waals surface area contributed by atoms with Crippen LogP contribution < -0.4 is 5.32 Å². The Morgan fingerprint density at radius 1 is 1.26 bits per heavy atom. The van der Waals surface area contributed by atoms with E-state index in [1.807, 2.05) is 6.07 Å². The number of para-hydroxylation sites is 1. The number of carbonyl (C=O) groups excluding carboxylic acids is 1. The minimum absolute atomic E-state index is 0.321. The van der Waals surface area contributed by atoms with Gasteiger partial charge < -0.3 is 5.32 Å². The van der Waals surface area contributed by atoms with E-state index in [4.69, 9.17) is 16.9 Å². The fraction of sp³-hybridized carbons (Fsp3) is 0. The number of rotatable bonds is 2. The number of hydrogen-bond donors (Lipinski definition) is 2. The molecule has 0 spiro atoms. The number of halogens is 1. The van der Waals surface area contributed by atoms with E-state index < -0.39 is 0 Å². The Bertz CT molecular complexity index is 679. The molecule has 2 aromatic rings. The lowest BCUT2D eigenvalue weighted by Crippen LogP contribution is -2.13. The summed E-state index contributed by atoms with van der Waals surface area (Å²) in [5, 5.41) is 12.0. The highest BCUT2D eigenvalue weighted by atomic mass is 35.5. The second-order valence-corrected chi connectivity index (χ2v) is 4.70. The summed E-state index contributed by atoms with van der Waals surface area (Å²) in [4.78, 5) is 12.8. The van der Waals surface area contributed by atoms with Gasteiger partial charge in [0.05, 0.1) is 21.8 Å². The van der Waals surface area contributed by atoms with Crippen LogP contribution in [0, 0.1) is 11.3 Å². The van der Waals surface area contributed by atoms with Gasteiger partial charge in [0.2, 0.25) is 0 Å². The minimum atomic E-state index is -0.372. The SMILES string of the molecule is N#Cc1ccccc1NC(=O)c1cc(S)ccc1Cl. The molecule has 3 nitrogen and oxygen atoms in total. The van der Waals surface area contributed by atoms with Gasteiger partial charge in [0.1, 0.15) is 6.07 Å². The molecule has 0 aliphatic rings. The molecule has 5 heteroatoms. The van der Waals surface area contributed by atoms with Crippen molar-refractivity contribution in [1.82, 2.24) is 0 Å². The summed E-state index contributed by atoms with van der Waals surface area (Å²) in [6.07, 6.45) is 0. The number of anilines is 1. The van der Waals surface area contributed by atoms with Crippen LogP contribution in [0.4, 0.5) is 5.69 Å². The lowest BCUT2D eigenvalue weighted by molar-refractivity contribution is 0.102. The molecule has 1 amide bonds. The van der Waals surface area contributed by atoms with Crippen LogP contribution in [0.25, 0.3) is 0 Å². The van der Waals surface area contributed by atoms with Crippen molar-refractivity contribution in [3.8, 4) is 6.07 Å². The van der Waals surface area contributed by atoms with E-state index in [0.717, 1.165) is 0 Å². The van der Waals surface area contributed by atoms with Crippen LogP contribution in [0.3, 0.4) is 0 Å². The average molecular weight is 289 g/mol. The number of nitriles is 1. The predicted octanol–water partition coefficient (Wildman–Crippen LogP) is 3.75. The predicted molar refractivity (Wildman–Crippen MR) is 77.8 cm³/mol. The molecule has 1 N–H and O–H groups in total. The van der Waals surface area contributed by atoms with Crippen molar-refractivity contribution in [2.24, 2.45) is 0 Å². The molecule has 0 heterocycles. The zero-order valence-corrected chi connectivity index (χ0v) is 11.4. The van der Waals surface area contributed by atoms with Crippen molar-refractivity contribution in [3.05, 3.63) is 58.6 Å². The minimum Gasteiger partial charge on any atom is -0.321 e. The number of thiol groups is 1. The van der Waals surface area contributed by atoms with Crippen molar-refractivity contribution >= 4 is 35.8 Å². The average Bonchev–Trinajstić information content (AvgIpc) is 2.42. The van der Waals surface area contributed by atoms with Crippen molar-refractivity contribution in [2.75, 3.05) is 5.32 Å². The Morgan fingerprint density at radius 2 is 2.00 bits per heavy atom. The molecule has 94 valence electrons. The Morgan fingerprint density at radius 3 is 2.74 bits per heavy atom. The number of benzene rings is 2. The molecule has 0 saturated carbocycles. The van der Waals surface area contributed by atoms with Crippen molar-refractivity contribution in [2.45, 2.75) is 4.90 Å². The van der Waals surface area contributed by atoms with Crippen LogP contribution in [0.1, 0.15) is 15.9 Å². The smallest absolute Gasteiger partial charge is 0.257 e. The quantitative estimate of drug-likeness (QED) is 0.827. The van der Waals surface area contributed by atoms with E-state index in [1.54, 1.807) is 42.5 Å². The van der Waals surface area contributed by atoms with Gasteiger partial charge in [-0.05, 0) is 30.3 Å². The summed E-state index contributed by atoms with van der Waals surface area (Å²) >= 11 is 10.1. The third-order valence-corrected chi connectivity index (χ3v) is 3.10. The summed E-state index contributed by atoms with van der Waals surface area (Å²) in [6.45, 7) is 0. The van der Waals surface area contributed by atoms with Crippen LogP contribution in [0.5, 0.6) is 0 Å². The zero-order chi connectivity index (χ0) is 13.8. The van der Waals surface area contributed by atoms with E-state index in [0.29, 0.717) is 26.7 Å². The van der Waals surface area contributed by atoms with E-state index in [-0.39, 0.29) is 5.91 Å². The van der Waals surface area contributed by atoms with Crippen LogP contribution in [0.15, 0.2) is 47.4 Å². The van der Waals surface area contributed by atoms with Gasteiger partial charge in [-0.3, -0.25) is 4.79 Å². The third kappa shape index (κ3) is 3.08. The fourth-order valence-corrected chi connectivity index (χ4v) is 1.97. The first-order valence-corrected chi connectivity index (χ1v) is 6.23. The number of amides is 1. The van der Waals surface area contributed by atoms with Crippen LogP contribution >= 0.6 is 24.2 Å². The fourth-order valence-electron chi connectivity index (χ4n) is 1.57. The maximum Gasteiger partial charge on any atom is 0.257 e. The highest BCUT2D eigenvalue weighted by Gasteiger charge is 2.12. The number of nitrogens with zero attached hydrogens (tertiary/aromatic N) is 1. The first kappa shape index (κ1) is 13.5. The molecule has 0 unspecified atom stereocenters. The number of nitrogens with one attached hydrogen (secondary N) is 1. The first-order chi connectivity index (χ1) is 9.11. The van der Waals surface area contributed by atoms with Gasteiger partial charge in [-0.1, -0.05) is 23.7 Å². The Labute approximate surface area is 121 Å². The summed E-state index contributed by atoms with van der Waals surface area (Å²) < 4.78 is 0. The highest BCUT2D eigenvalue weighted by Crippen LogP contribution is 2.22. The van der Waals surface area contributed by atoms with E-state index in [2.05, 4.69) is 17.9 Å².